The van der Waals surface area contributed by atoms with Crippen LogP contribution in [0, 0.1) is 0 Å². The molecule has 0 spiro atoms. The summed E-state index contributed by atoms with van der Waals surface area (Å²) < 4.78 is 47.9. The zero-order valence-electron chi connectivity index (χ0n) is 12.4. The molecule has 0 aromatic heterocycles. The second kappa shape index (κ2) is 6.28. The summed E-state index contributed by atoms with van der Waals surface area (Å²) >= 11 is 0. The molecule has 0 saturated heterocycles. The van der Waals surface area contributed by atoms with Crippen LogP contribution in [0.25, 0.3) is 0 Å². The molecule has 0 saturated carbocycles. The Morgan fingerprint density at radius 1 is 1.04 bits per heavy atom. The molecular formula is C17H17F2NO2S. The van der Waals surface area contributed by atoms with Gasteiger partial charge in [0.15, 0.2) is 0 Å². The van der Waals surface area contributed by atoms with Gasteiger partial charge in [0, 0.05) is 5.69 Å². The molecular weight excluding hydrogens is 320 g/mol. The Balaban J connectivity index is 1.80. The number of fused-ring (bicyclic) bond motifs is 1. The van der Waals surface area contributed by atoms with Crippen molar-refractivity contribution < 1.29 is 17.2 Å². The summed E-state index contributed by atoms with van der Waals surface area (Å²) in [5.74, 6) is -3.40. The van der Waals surface area contributed by atoms with E-state index in [4.69, 9.17) is 0 Å². The van der Waals surface area contributed by atoms with Crippen LogP contribution in [-0.2, 0) is 16.3 Å². The maximum Gasteiger partial charge on any atom is 0.341 e. The highest BCUT2D eigenvalue weighted by Crippen LogP contribution is 2.32. The molecule has 0 fully saturated rings. The third-order valence-electron chi connectivity index (χ3n) is 4.13. The van der Waals surface area contributed by atoms with Crippen molar-refractivity contribution in [2.75, 3.05) is 5.32 Å². The van der Waals surface area contributed by atoms with Gasteiger partial charge in [-0.05, 0) is 54.7 Å². The van der Waals surface area contributed by atoms with Gasteiger partial charge in [0.2, 0.25) is 9.84 Å². The fourth-order valence-corrected chi connectivity index (χ4v) is 3.67. The number of rotatable bonds is 4. The first-order chi connectivity index (χ1) is 11.0. The van der Waals surface area contributed by atoms with Crippen LogP contribution >= 0.6 is 0 Å². The Bertz CT molecular complexity index is 788. The molecule has 0 radical (unpaired) electrons. The lowest BCUT2D eigenvalue weighted by Gasteiger charge is -2.27. The van der Waals surface area contributed by atoms with Gasteiger partial charge in [0.1, 0.15) is 0 Å². The molecule has 0 bridgehead atoms. The lowest BCUT2D eigenvalue weighted by atomic mass is 9.87. The number of benzene rings is 2. The van der Waals surface area contributed by atoms with Crippen LogP contribution in [0.5, 0.6) is 0 Å². The normalized spacial score (nSPS) is 17.8. The topological polar surface area (TPSA) is 46.2 Å². The summed E-state index contributed by atoms with van der Waals surface area (Å²) in [5.41, 5.74) is 3.27. The molecule has 2 aromatic carbocycles. The molecule has 3 nitrogen and oxygen atoms in total. The molecule has 0 heterocycles. The van der Waals surface area contributed by atoms with Gasteiger partial charge in [-0.1, -0.05) is 24.3 Å². The quantitative estimate of drug-likeness (QED) is 0.911. The van der Waals surface area contributed by atoms with Gasteiger partial charge in [0.25, 0.3) is 0 Å². The van der Waals surface area contributed by atoms with E-state index in [0.29, 0.717) is 0 Å². The minimum Gasteiger partial charge on any atom is -0.378 e. The molecule has 1 N–H and O–H groups in total. The van der Waals surface area contributed by atoms with E-state index in [1.54, 1.807) is 0 Å². The van der Waals surface area contributed by atoms with E-state index < -0.39 is 15.6 Å². The maximum atomic E-state index is 12.5. The van der Waals surface area contributed by atoms with Crippen LogP contribution in [0.1, 0.15) is 30.0 Å². The third-order valence-corrected chi connectivity index (χ3v) is 5.53. The minimum atomic E-state index is -4.54. The number of anilines is 1. The van der Waals surface area contributed by atoms with Crippen LogP contribution in [0.2, 0.25) is 0 Å². The lowest BCUT2D eigenvalue weighted by Crippen LogP contribution is -2.17. The molecule has 3 rings (SSSR count). The fourth-order valence-electron chi connectivity index (χ4n) is 2.95. The average Bonchev–Trinajstić information content (AvgIpc) is 2.55. The van der Waals surface area contributed by atoms with Crippen molar-refractivity contribution in [1.29, 1.82) is 0 Å². The number of hydrogen-bond acceptors (Lipinski definition) is 3. The Labute approximate surface area is 134 Å². The smallest absolute Gasteiger partial charge is 0.341 e. The van der Waals surface area contributed by atoms with E-state index in [1.165, 1.54) is 35.4 Å². The van der Waals surface area contributed by atoms with Crippen molar-refractivity contribution in [2.24, 2.45) is 0 Å². The van der Waals surface area contributed by atoms with Gasteiger partial charge < -0.3 is 5.32 Å². The van der Waals surface area contributed by atoms with E-state index in [9.17, 15) is 17.2 Å². The van der Waals surface area contributed by atoms with Gasteiger partial charge in [-0.25, -0.2) is 8.42 Å². The standard InChI is InChI=1S/C17H17F2NO2S/c18-17(19)23(21,22)14-10-8-13(9-11-14)20-16-7-3-5-12-4-1-2-6-15(12)16/h1-2,4,6,8-11,16-17,20H,3,5,7H2. The lowest BCUT2D eigenvalue weighted by molar-refractivity contribution is 0.234. The Kier molecular flexibility index (Phi) is 4.35. The molecule has 0 aliphatic heterocycles. The molecule has 1 unspecified atom stereocenters. The summed E-state index contributed by atoms with van der Waals surface area (Å²) in [6.45, 7) is 0. The molecule has 1 aliphatic carbocycles. The largest absolute Gasteiger partial charge is 0.378 e. The average molecular weight is 337 g/mol. The van der Waals surface area contributed by atoms with Gasteiger partial charge in [-0.3, -0.25) is 0 Å². The summed E-state index contributed by atoms with van der Waals surface area (Å²) in [4.78, 5) is -0.359. The number of halogens is 2. The highest BCUT2D eigenvalue weighted by Gasteiger charge is 2.26. The predicted molar refractivity (Wildman–Crippen MR) is 85.4 cm³/mol. The summed E-state index contributed by atoms with van der Waals surface area (Å²) in [7, 11) is -4.54. The molecule has 2 aromatic rings. The molecule has 1 atom stereocenters. The van der Waals surface area contributed by atoms with E-state index in [1.807, 2.05) is 12.1 Å². The Morgan fingerprint density at radius 3 is 2.43 bits per heavy atom. The predicted octanol–water partition coefficient (Wildman–Crippen LogP) is 4.17. The summed E-state index contributed by atoms with van der Waals surface area (Å²) in [6.07, 6.45) is 3.11. The second-order valence-electron chi connectivity index (χ2n) is 5.62. The van der Waals surface area contributed by atoms with E-state index in [-0.39, 0.29) is 10.9 Å². The van der Waals surface area contributed by atoms with Crippen molar-refractivity contribution in [3.63, 3.8) is 0 Å². The first kappa shape index (κ1) is 15.9. The SMILES string of the molecule is O=S(=O)(c1ccc(NC2CCCc3ccccc32)cc1)C(F)F. The highest BCUT2D eigenvalue weighted by atomic mass is 32.2. The summed E-state index contributed by atoms with van der Waals surface area (Å²) in [5, 5.41) is 3.36. The maximum absolute atomic E-state index is 12.5. The zero-order valence-corrected chi connectivity index (χ0v) is 13.2. The van der Waals surface area contributed by atoms with Crippen molar-refractivity contribution in [1.82, 2.24) is 0 Å². The molecule has 0 amide bonds. The van der Waals surface area contributed by atoms with Crippen LogP contribution in [-0.4, -0.2) is 14.2 Å². The third kappa shape index (κ3) is 3.22. The van der Waals surface area contributed by atoms with Gasteiger partial charge >= 0.3 is 5.76 Å². The van der Waals surface area contributed by atoms with Crippen molar-refractivity contribution >= 4 is 15.5 Å². The number of sulfone groups is 1. The van der Waals surface area contributed by atoms with E-state index in [0.717, 1.165) is 24.9 Å². The molecule has 122 valence electrons. The first-order valence-electron chi connectivity index (χ1n) is 7.45. The highest BCUT2D eigenvalue weighted by molar-refractivity contribution is 7.91. The zero-order chi connectivity index (χ0) is 16.4. The van der Waals surface area contributed by atoms with Gasteiger partial charge in [0.05, 0.1) is 10.9 Å². The van der Waals surface area contributed by atoms with E-state index in [2.05, 4.69) is 17.4 Å². The number of aryl methyl sites for hydroxylation is 1. The monoisotopic (exact) mass is 337 g/mol. The Morgan fingerprint density at radius 2 is 1.74 bits per heavy atom. The second-order valence-corrected chi connectivity index (χ2v) is 7.54. The van der Waals surface area contributed by atoms with Crippen molar-refractivity contribution in [3.05, 3.63) is 59.7 Å². The van der Waals surface area contributed by atoms with Crippen LogP contribution in [0.4, 0.5) is 14.5 Å². The fraction of sp³-hybridized carbons (Fsp3) is 0.294. The van der Waals surface area contributed by atoms with Crippen LogP contribution in [0.3, 0.4) is 0 Å². The Hall–Kier alpha value is -1.95. The number of alkyl halides is 2. The van der Waals surface area contributed by atoms with E-state index >= 15 is 0 Å². The molecule has 1 aliphatic rings. The molecule has 6 heteroatoms. The van der Waals surface area contributed by atoms with Crippen molar-refractivity contribution in [2.45, 2.75) is 36.0 Å². The minimum absolute atomic E-state index is 0.150. The van der Waals surface area contributed by atoms with Crippen LogP contribution < -0.4 is 5.32 Å². The van der Waals surface area contributed by atoms with Crippen molar-refractivity contribution in [3.8, 4) is 0 Å². The number of nitrogens with one attached hydrogen (secondary N) is 1. The summed E-state index contributed by atoms with van der Waals surface area (Å²) in [6, 6.07) is 13.9. The number of hydrogen-bond donors (Lipinski definition) is 1. The van der Waals surface area contributed by atoms with Gasteiger partial charge in [-0.15, -0.1) is 0 Å². The van der Waals surface area contributed by atoms with Crippen LogP contribution in [0.15, 0.2) is 53.4 Å². The van der Waals surface area contributed by atoms with Gasteiger partial charge in [-0.2, -0.15) is 8.78 Å². The molecule has 23 heavy (non-hydrogen) atoms. The first-order valence-corrected chi connectivity index (χ1v) is 8.99.